The zero-order valence-electron chi connectivity index (χ0n) is 12.4. The van der Waals surface area contributed by atoms with Gasteiger partial charge in [0.25, 0.3) is 0 Å². The van der Waals surface area contributed by atoms with Gasteiger partial charge in [-0.05, 0) is 25.7 Å². The van der Waals surface area contributed by atoms with E-state index in [9.17, 15) is 0 Å². The van der Waals surface area contributed by atoms with Crippen molar-refractivity contribution in [1.82, 2.24) is 9.80 Å². The number of likely N-dealkylation sites (N-methyl/N-ethyl adjacent to an activating group) is 2. The van der Waals surface area contributed by atoms with Gasteiger partial charge in [-0.2, -0.15) is 0 Å². The third-order valence-electron chi connectivity index (χ3n) is 5.99. The van der Waals surface area contributed by atoms with Crippen LogP contribution in [-0.4, -0.2) is 59.6 Å². The highest BCUT2D eigenvalue weighted by molar-refractivity contribution is 5.78. The van der Waals surface area contributed by atoms with Crippen molar-refractivity contribution < 1.29 is 28.6 Å². The second kappa shape index (κ2) is 5.08. The number of piperidine rings is 1. The highest BCUT2D eigenvalue weighted by atomic mass is 127. The van der Waals surface area contributed by atoms with E-state index in [0.717, 1.165) is 23.9 Å². The lowest BCUT2D eigenvalue weighted by molar-refractivity contribution is -0.526. The molecule has 5 atom stereocenters. The van der Waals surface area contributed by atoms with Crippen LogP contribution in [0.4, 0.5) is 0 Å². The third-order valence-corrected chi connectivity index (χ3v) is 5.99. The number of terminal acetylenes is 1. The molecule has 0 aromatic carbocycles. The number of fused-ring (bicyclic) bond motifs is 2. The van der Waals surface area contributed by atoms with Crippen molar-refractivity contribution in [3.8, 4) is 12.3 Å². The highest BCUT2D eigenvalue weighted by Gasteiger charge is 2.58. The van der Waals surface area contributed by atoms with Gasteiger partial charge >= 0.3 is 5.96 Å². The van der Waals surface area contributed by atoms with Gasteiger partial charge in [-0.1, -0.05) is 0 Å². The van der Waals surface area contributed by atoms with Crippen LogP contribution in [0.5, 0.6) is 0 Å². The Hall–Kier alpha value is -0.440. The lowest BCUT2D eigenvalue weighted by atomic mass is 9.91. The minimum Gasteiger partial charge on any atom is -1.00 e. The number of rotatable bonds is 0. The molecular formula is C16H24IN3. The van der Waals surface area contributed by atoms with Crippen molar-refractivity contribution in [3.63, 3.8) is 0 Å². The minimum atomic E-state index is 0. The first kappa shape index (κ1) is 14.5. The molecule has 110 valence electrons. The lowest BCUT2D eigenvalue weighted by Crippen LogP contribution is -3.00. The molecule has 0 aromatic heterocycles. The van der Waals surface area contributed by atoms with Crippen LogP contribution >= 0.6 is 0 Å². The van der Waals surface area contributed by atoms with E-state index in [1.165, 1.54) is 44.7 Å². The maximum Gasteiger partial charge on any atom is 0.350 e. The van der Waals surface area contributed by atoms with Crippen LogP contribution in [0.2, 0.25) is 0 Å². The van der Waals surface area contributed by atoms with Crippen molar-refractivity contribution >= 4 is 5.96 Å². The van der Waals surface area contributed by atoms with E-state index >= 15 is 0 Å². The summed E-state index contributed by atoms with van der Waals surface area (Å²) in [6.07, 6.45) is 11.1. The minimum absolute atomic E-state index is 0. The van der Waals surface area contributed by atoms with Gasteiger partial charge in [0.1, 0.15) is 12.1 Å². The van der Waals surface area contributed by atoms with Gasteiger partial charge in [-0.15, -0.1) is 12.3 Å². The molecule has 20 heavy (non-hydrogen) atoms. The van der Waals surface area contributed by atoms with Gasteiger partial charge in [0.2, 0.25) is 0 Å². The zero-order chi connectivity index (χ0) is 13.1. The van der Waals surface area contributed by atoms with Crippen LogP contribution < -0.4 is 24.0 Å². The summed E-state index contributed by atoms with van der Waals surface area (Å²) in [6.45, 7) is 2.37. The fourth-order valence-electron chi connectivity index (χ4n) is 4.92. The average molecular weight is 385 g/mol. The largest absolute Gasteiger partial charge is 1.00 e. The summed E-state index contributed by atoms with van der Waals surface area (Å²) in [4.78, 5) is 5.11. The molecule has 2 aliphatic heterocycles. The second-order valence-corrected chi connectivity index (χ2v) is 6.87. The molecule has 0 spiro atoms. The van der Waals surface area contributed by atoms with Crippen molar-refractivity contribution in [3.05, 3.63) is 0 Å². The number of nitrogens with zero attached hydrogens (tertiary/aromatic N) is 3. The summed E-state index contributed by atoms with van der Waals surface area (Å²) < 4.78 is 2.60. The SMILES string of the molecule is C#CC1[C@H]2C[N+](=C3N(C)[C@@H]4CCCC[C@H]4N3C)C[C@@H]12.[I-]. The number of hydrogen-bond acceptors (Lipinski definition) is 0. The van der Waals surface area contributed by atoms with Gasteiger partial charge < -0.3 is 24.0 Å². The Morgan fingerprint density at radius 1 is 1.05 bits per heavy atom. The first-order valence-electron chi connectivity index (χ1n) is 7.76. The fraction of sp³-hybridized carbons (Fsp3) is 0.812. The Bertz CT molecular complexity index is 447. The monoisotopic (exact) mass is 385 g/mol. The number of hydrogen-bond donors (Lipinski definition) is 0. The van der Waals surface area contributed by atoms with E-state index in [2.05, 4.69) is 34.4 Å². The second-order valence-electron chi connectivity index (χ2n) is 6.87. The number of halogens is 1. The van der Waals surface area contributed by atoms with Crippen molar-refractivity contribution in [1.29, 1.82) is 0 Å². The topological polar surface area (TPSA) is 9.49 Å². The van der Waals surface area contributed by atoms with Gasteiger partial charge in [-0.25, -0.2) is 0 Å². The normalized spacial score (nSPS) is 42.0. The Labute approximate surface area is 139 Å². The predicted molar refractivity (Wildman–Crippen MR) is 75.9 cm³/mol. The van der Waals surface area contributed by atoms with Crippen LogP contribution in [0.25, 0.3) is 0 Å². The molecule has 2 heterocycles. The van der Waals surface area contributed by atoms with E-state index in [0.29, 0.717) is 5.92 Å². The summed E-state index contributed by atoms with van der Waals surface area (Å²) in [5.74, 6) is 6.57. The molecule has 4 rings (SSSR count). The molecule has 2 saturated carbocycles. The molecule has 4 fully saturated rings. The highest BCUT2D eigenvalue weighted by Crippen LogP contribution is 2.50. The molecule has 0 bridgehead atoms. The average Bonchev–Trinajstić information content (AvgIpc) is 2.77. The van der Waals surface area contributed by atoms with E-state index in [-0.39, 0.29) is 24.0 Å². The van der Waals surface area contributed by atoms with Crippen LogP contribution in [0, 0.1) is 30.1 Å². The van der Waals surface area contributed by atoms with Gasteiger partial charge in [-0.3, -0.25) is 14.4 Å². The Morgan fingerprint density at radius 3 is 2.00 bits per heavy atom. The van der Waals surface area contributed by atoms with Crippen molar-refractivity contribution in [2.45, 2.75) is 37.8 Å². The molecule has 4 heteroatoms. The smallest absolute Gasteiger partial charge is 0.350 e. The third kappa shape index (κ3) is 1.88. The van der Waals surface area contributed by atoms with Crippen molar-refractivity contribution in [2.24, 2.45) is 17.8 Å². The molecule has 0 radical (unpaired) electrons. The Kier molecular flexibility index (Phi) is 3.68. The first-order chi connectivity index (χ1) is 9.22. The molecule has 0 aromatic rings. The first-order valence-corrected chi connectivity index (χ1v) is 7.76. The molecule has 0 amide bonds. The van der Waals surface area contributed by atoms with E-state index in [1.807, 2.05) is 0 Å². The molecule has 4 aliphatic rings. The standard InChI is InChI=1S/C16H24N3.HI/c1-4-11-12-9-19(10-13(11)12)16-17(2)14-7-5-6-8-15(14)18(16)3;/h1,11-15H,5-10H2,2-3H3;1H/q+1;/p-1/t11?,12-,13+,14-,15-;/m1./s1. The quantitative estimate of drug-likeness (QED) is 0.273. The van der Waals surface area contributed by atoms with Crippen molar-refractivity contribution in [2.75, 3.05) is 27.2 Å². The van der Waals surface area contributed by atoms with Crippen LogP contribution in [0.1, 0.15) is 25.7 Å². The van der Waals surface area contributed by atoms with Gasteiger partial charge in [0, 0.05) is 17.8 Å². The summed E-state index contributed by atoms with van der Waals surface area (Å²) in [5, 5.41) is 0. The summed E-state index contributed by atoms with van der Waals surface area (Å²) in [7, 11) is 4.59. The van der Waals surface area contributed by atoms with Gasteiger partial charge in [0.15, 0.2) is 0 Å². The summed E-state index contributed by atoms with van der Waals surface area (Å²) in [5.41, 5.74) is 0. The molecular weight excluding hydrogens is 361 g/mol. The van der Waals surface area contributed by atoms with Crippen LogP contribution in [-0.2, 0) is 0 Å². The maximum atomic E-state index is 5.58. The Morgan fingerprint density at radius 2 is 1.55 bits per heavy atom. The predicted octanol–water partition coefficient (Wildman–Crippen LogP) is -1.94. The molecule has 2 saturated heterocycles. The molecule has 0 N–H and O–H groups in total. The summed E-state index contributed by atoms with van der Waals surface area (Å²) in [6, 6.07) is 1.49. The molecule has 1 unspecified atom stereocenters. The Balaban J connectivity index is 0.00000121. The summed E-state index contributed by atoms with van der Waals surface area (Å²) >= 11 is 0. The van der Waals surface area contributed by atoms with Gasteiger partial charge in [0.05, 0.1) is 27.2 Å². The van der Waals surface area contributed by atoms with E-state index < -0.39 is 0 Å². The molecule has 3 nitrogen and oxygen atoms in total. The molecule has 2 aliphatic carbocycles. The van der Waals surface area contributed by atoms with E-state index in [4.69, 9.17) is 6.42 Å². The van der Waals surface area contributed by atoms with Crippen LogP contribution in [0.15, 0.2) is 0 Å². The fourth-order valence-corrected chi connectivity index (χ4v) is 4.92. The number of guanidine groups is 1. The zero-order valence-corrected chi connectivity index (χ0v) is 14.6. The van der Waals surface area contributed by atoms with Crippen LogP contribution in [0.3, 0.4) is 0 Å². The van der Waals surface area contributed by atoms with E-state index in [1.54, 1.807) is 0 Å². The maximum absolute atomic E-state index is 5.58. The lowest BCUT2D eigenvalue weighted by Gasteiger charge is -2.25.